The molecule has 0 saturated carbocycles. The fourth-order valence-corrected chi connectivity index (χ4v) is 1.42. The van der Waals surface area contributed by atoms with Crippen molar-refractivity contribution in [2.45, 2.75) is 0 Å². The van der Waals surface area contributed by atoms with Crippen molar-refractivity contribution in [3.05, 3.63) is 57.7 Å². The molecule has 78 valence electrons. The largest absolute Gasteiger partial charge is 0.291 e. The van der Waals surface area contributed by atoms with Crippen LogP contribution >= 0.6 is 11.6 Å². The first-order chi connectivity index (χ1) is 7.72. The lowest BCUT2D eigenvalue weighted by Gasteiger charge is -2.04. The number of halogens is 1. The zero-order chi connectivity index (χ0) is 11.5. The Hall–Kier alpha value is -2.12. The van der Waals surface area contributed by atoms with E-state index in [0.717, 1.165) is 0 Å². The van der Waals surface area contributed by atoms with Crippen LogP contribution in [0.15, 0.2) is 41.5 Å². The minimum Gasteiger partial charge on any atom is -0.280 e. The second kappa shape index (κ2) is 4.17. The van der Waals surface area contributed by atoms with Crippen LogP contribution in [0.4, 0.5) is 0 Å². The van der Waals surface area contributed by atoms with Crippen molar-refractivity contribution in [1.29, 1.82) is 5.26 Å². The summed E-state index contributed by atoms with van der Waals surface area (Å²) in [6.45, 7) is 0. The monoisotopic (exact) mass is 231 g/mol. The normalized spacial score (nSPS) is 9.75. The molecule has 0 fully saturated rings. The Morgan fingerprint density at radius 2 is 2.00 bits per heavy atom. The third-order valence-electron chi connectivity index (χ3n) is 2.05. The number of nitrogens with zero attached hydrogens (tertiary/aromatic N) is 3. The predicted octanol–water partition coefficient (Wildman–Crippen LogP) is 1.76. The summed E-state index contributed by atoms with van der Waals surface area (Å²) in [6.07, 6.45) is 2.92. The molecule has 1 heterocycles. The summed E-state index contributed by atoms with van der Waals surface area (Å²) in [4.78, 5) is 15.4. The molecule has 0 aliphatic carbocycles. The molecule has 0 amide bonds. The highest BCUT2D eigenvalue weighted by Crippen LogP contribution is 2.11. The van der Waals surface area contributed by atoms with Crippen LogP contribution in [0.2, 0.25) is 5.02 Å². The van der Waals surface area contributed by atoms with Gasteiger partial charge in [-0.25, -0.2) is 4.98 Å². The maximum absolute atomic E-state index is 11.7. The van der Waals surface area contributed by atoms with Crippen molar-refractivity contribution in [1.82, 2.24) is 9.55 Å². The smallest absolute Gasteiger partial charge is 0.280 e. The zero-order valence-electron chi connectivity index (χ0n) is 8.09. The molecule has 0 atom stereocenters. The second-order valence-electron chi connectivity index (χ2n) is 3.04. The number of rotatable bonds is 1. The maximum Gasteiger partial charge on any atom is 0.291 e. The van der Waals surface area contributed by atoms with Gasteiger partial charge < -0.3 is 0 Å². The van der Waals surface area contributed by atoms with Gasteiger partial charge in [0, 0.05) is 23.1 Å². The van der Waals surface area contributed by atoms with E-state index in [1.165, 1.54) is 17.0 Å². The standard InChI is InChI=1S/C11H6ClN3O/c12-8-1-3-9(4-2-8)15-6-5-14-10(7-13)11(15)16/h1-6H. The Balaban J connectivity index is 2.62. The topological polar surface area (TPSA) is 58.7 Å². The van der Waals surface area contributed by atoms with E-state index in [9.17, 15) is 4.79 Å². The summed E-state index contributed by atoms with van der Waals surface area (Å²) in [7, 11) is 0. The van der Waals surface area contributed by atoms with Gasteiger partial charge in [-0.15, -0.1) is 0 Å². The number of benzene rings is 1. The van der Waals surface area contributed by atoms with Crippen molar-refractivity contribution < 1.29 is 0 Å². The van der Waals surface area contributed by atoms with Gasteiger partial charge in [-0.3, -0.25) is 9.36 Å². The van der Waals surface area contributed by atoms with E-state index in [4.69, 9.17) is 16.9 Å². The van der Waals surface area contributed by atoms with E-state index in [1.54, 1.807) is 30.3 Å². The minimum absolute atomic E-state index is 0.127. The summed E-state index contributed by atoms with van der Waals surface area (Å²) in [5, 5.41) is 9.28. The molecule has 0 unspecified atom stereocenters. The number of hydrogen-bond acceptors (Lipinski definition) is 3. The highest BCUT2D eigenvalue weighted by atomic mass is 35.5. The van der Waals surface area contributed by atoms with Gasteiger partial charge >= 0.3 is 0 Å². The molecule has 1 aromatic heterocycles. The van der Waals surface area contributed by atoms with Crippen LogP contribution in [0.1, 0.15) is 5.69 Å². The highest BCUT2D eigenvalue weighted by molar-refractivity contribution is 6.30. The van der Waals surface area contributed by atoms with E-state index < -0.39 is 5.56 Å². The Morgan fingerprint density at radius 3 is 2.62 bits per heavy atom. The summed E-state index contributed by atoms with van der Waals surface area (Å²) in [5.41, 5.74) is 0.0815. The lowest BCUT2D eigenvalue weighted by atomic mass is 10.3. The maximum atomic E-state index is 11.7. The molecule has 0 aliphatic rings. The molecule has 0 spiro atoms. The fourth-order valence-electron chi connectivity index (χ4n) is 1.29. The van der Waals surface area contributed by atoms with Crippen LogP contribution in [-0.4, -0.2) is 9.55 Å². The Labute approximate surface area is 96.4 Å². The molecule has 0 radical (unpaired) electrons. The summed E-state index contributed by atoms with van der Waals surface area (Å²) < 4.78 is 1.35. The van der Waals surface area contributed by atoms with Crippen molar-refractivity contribution in [2.75, 3.05) is 0 Å². The van der Waals surface area contributed by atoms with E-state index in [1.807, 2.05) is 0 Å². The third kappa shape index (κ3) is 1.81. The number of nitriles is 1. The van der Waals surface area contributed by atoms with Gasteiger partial charge in [-0.2, -0.15) is 5.26 Å². The van der Waals surface area contributed by atoms with Crippen molar-refractivity contribution in [3.8, 4) is 11.8 Å². The first-order valence-corrected chi connectivity index (χ1v) is 4.84. The first-order valence-electron chi connectivity index (χ1n) is 4.46. The molecule has 5 heteroatoms. The summed E-state index contributed by atoms with van der Waals surface area (Å²) >= 11 is 5.75. The van der Waals surface area contributed by atoms with Crippen LogP contribution in [0.3, 0.4) is 0 Å². The van der Waals surface area contributed by atoms with Crippen LogP contribution in [-0.2, 0) is 0 Å². The number of aromatic nitrogens is 2. The minimum atomic E-state index is -0.438. The van der Waals surface area contributed by atoms with Gasteiger partial charge in [0.1, 0.15) is 6.07 Å². The Kier molecular flexibility index (Phi) is 2.71. The molecule has 0 N–H and O–H groups in total. The van der Waals surface area contributed by atoms with Gasteiger partial charge in [0.05, 0.1) is 0 Å². The molecular formula is C11H6ClN3O. The third-order valence-corrected chi connectivity index (χ3v) is 2.30. The lowest BCUT2D eigenvalue weighted by molar-refractivity contribution is 0.943. The molecule has 2 rings (SSSR count). The van der Waals surface area contributed by atoms with E-state index in [2.05, 4.69) is 4.98 Å². The summed E-state index contributed by atoms with van der Waals surface area (Å²) in [5.74, 6) is 0. The quantitative estimate of drug-likeness (QED) is 0.751. The van der Waals surface area contributed by atoms with Crippen LogP contribution in [0, 0.1) is 11.3 Å². The van der Waals surface area contributed by atoms with E-state index in [-0.39, 0.29) is 5.69 Å². The Morgan fingerprint density at radius 1 is 1.31 bits per heavy atom. The first kappa shape index (κ1) is 10.4. The lowest BCUT2D eigenvalue weighted by Crippen LogP contribution is -2.21. The SMILES string of the molecule is N#Cc1nccn(-c2ccc(Cl)cc2)c1=O. The van der Waals surface area contributed by atoms with Gasteiger partial charge in [-0.05, 0) is 24.3 Å². The summed E-state index contributed by atoms with van der Waals surface area (Å²) in [6, 6.07) is 8.50. The van der Waals surface area contributed by atoms with Gasteiger partial charge in [0.25, 0.3) is 5.56 Å². The van der Waals surface area contributed by atoms with Crippen LogP contribution in [0.25, 0.3) is 5.69 Å². The molecule has 4 nitrogen and oxygen atoms in total. The van der Waals surface area contributed by atoms with E-state index >= 15 is 0 Å². The molecule has 1 aromatic carbocycles. The van der Waals surface area contributed by atoms with Gasteiger partial charge in [-0.1, -0.05) is 11.6 Å². The fraction of sp³-hybridized carbons (Fsp3) is 0. The van der Waals surface area contributed by atoms with Crippen LogP contribution < -0.4 is 5.56 Å². The average Bonchev–Trinajstić information content (AvgIpc) is 2.31. The van der Waals surface area contributed by atoms with Gasteiger partial charge in [0.15, 0.2) is 0 Å². The molecule has 0 aliphatic heterocycles. The zero-order valence-corrected chi connectivity index (χ0v) is 8.85. The molecular weight excluding hydrogens is 226 g/mol. The van der Waals surface area contributed by atoms with Crippen molar-refractivity contribution in [3.63, 3.8) is 0 Å². The molecule has 2 aromatic rings. The Bertz CT molecular complexity index is 610. The van der Waals surface area contributed by atoms with Crippen molar-refractivity contribution >= 4 is 11.6 Å². The highest BCUT2D eigenvalue weighted by Gasteiger charge is 2.04. The van der Waals surface area contributed by atoms with Gasteiger partial charge in [0.2, 0.25) is 5.69 Å². The van der Waals surface area contributed by atoms with Crippen molar-refractivity contribution in [2.24, 2.45) is 0 Å². The molecule has 0 bridgehead atoms. The predicted molar refractivity (Wildman–Crippen MR) is 59.6 cm³/mol. The average molecular weight is 232 g/mol. The number of hydrogen-bond donors (Lipinski definition) is 0. The van der Waals surface area contributed by atoms with Crippen LogP contribution in [0.5, 0.6) is 0 Å². The van der Waals surface area contributed by atoms with E-state index in [0.29, 0.717) is 10.7 Å². The molecule has 16 heavy (non-hydrogen) atoms. The second-order valence-corrected chi connectivity index (χ2v) is 3.48. The molecule has 0 saturated heterocycles.